The minimum absolute atomic E-state index is 0.0140. The molecule has 0 aliphatic heterocycles. The van der Waals surface area contributed by atoms with Crippen LogP contribution in [0.3, 0.4) is 0 Å². The fourth-order valence-corrected chi connectivity index (χ4v) is 2.09. The largest absolute Gasteiger partial charge is 0.289 e. The molecule has 0 saturated carbocycles. The Morgan fingerprint density at radius 2 is 1.32 bits per heavy atom. The molecule has 0 aliphatic rings. The van der Waals surface area contributed by atoms with Crippen LogP contribution in [0.15, 0.2) is 66.7 Å². The Bertz CT molecular complexity index is 704. The average Bonchev–Trinajstić information content (AvgIpc) is 2.52. The highest BCUT2D eigenvalue weighted by Gasteiger charge is 2.15. The molecular weight excluding hydrogens is 272 g/mol. The second-order valence-electron chi connectivity index (χ2n) is 6.26. The molecule has 0 N–H and O–H groups in total. The highest BCUT2D eigenvalue weighted by molar-refractivity contribution is 6.11. The maximum Gasteiger partial charge on any atom is 0.185 e. The zero-order valence-corrected chi connectivity index (χ0v) is 13.2. The second kappa shape index (κ2) is 6.52. The average molecular weight is 292 g/mol. The van der Waals surface area contributed by atoms with Gasteiger partial charge in [-0.2, -0.15) is 0 Å². The Morgan fingerprint density at radius 1 is 0.773 bits per heavy atom. The number of allylic oxidation sites excluding steroid dienone is 2. The number of ketones is 2. The van der Waals surface area contributed by atoms with E-state index in [2.05, 4.69) is 20.8 Å². The molecule has 0 aliphatic carbocycles. The Labute approximate surface area is 131 Å². The van der Waals surface area contributed by atoms with Gasteiger partial charge < -0.3 is 0 Å². The minimum Gasteiger partial charge on any atom is -0.289 e. The highest BCUT2D eigenvalue weighted by atomic mass is 16.1. The van der Waals surface area contributed by atoms with Gasteiger partial charge in [-0.1, -0.05) is 69.3 Å². The van der Waals surface area contributed by atoms with Crippen LogP contribution >= 0.6 is 0 Å². The van der Waals surface area contributed by atoms with Crippen molar-refractivity contribution in [3.8, 4) is 0 Å². The Morgan fingerprint density at radius 3 is 1.91 bits per heavy atom. The molecule has 0 atom stereocenters. The summed E-state index contributed by atoms with van der Waals surface area (Å²) >= 11 is 0. The van der Waals surface area contributed by atoms with Crippen LogP contribution in [0.1, 0.15) is 47.1 Å². The maximum atomic E-state index is 12.2. The summed E-state index contributed by atoms with van der Waals surface area (Å²) in [6.45, 7) is 6.31. The van der Waals surface area contributed by atoms with E-state index in [1.807, 2.05) is 24.3 Å². The van der Waals surface area contributed by atoms with Gasteiger partial charge in [-0.3, -0.25) is 9.59 Å². The van der Waals surface area contributed by atoms with E-state index >= 15 is 0 Å². The first-order chi connectivity index (χ1) is 10.4. The first kappa shape index (κ1) is 15.9. The molecule has 0 saturated heterocycles. The van der Waals surface area contributed by atoms with Gasteiger partial charge in [0.05, 0.1) is 0 Å². The van der Waals surface area contributed by atoms with Crippen molar-refractivity contribution in [2.75, 3.05) is 0 Å². The van der Waals surface area contributed by atoms with E-state index < -0.39 is 0 Å². The molecule has 0 spiro atoms. The first-order valence-corrected chi connectivity index (χ1v) is 7.30. The van der Waals surface area contributed by atoms with E-state index in [9.17, 15) is 9.59 Å². The molecule has 0 radical (unpaired) electrons. The molecule has 2 heteroatoms. The van der Waals surface area contributed by atoms with Crippen molar-refractivity contribution >= 4 is 11.6 Å². The molecule has 22 heavy (non-hydrogen) atoms. The van der Waals surface area contributed by atoms with Gasteiger partial charge in [0.1, 0.15) is 0 Å². The molecular formula is C20H20O2. The van der Waals surface area contributed by atoms with Crippen LogP contribution in [0.5, 0.6) is 0 Å². The van der Waals surface area contributed by atoms with Crippen LogP contribution < -0.4 is 0 Å². The second-order valence-corrected chi connectivity index (χ2v) is 6.26. The SMILES string of the molecule is CC(C)(C)c1cccc(C(=O)C=CC(=O)c2ccccc2)c1. The lowest BCUT2D eigenvalue weighted by Crippen LogP contribution is -2.12. The molecule has 0 unspecified atom stereocenters. The molecule has 112 valence electrons. The predicted octanol–water partition coefficient (Wildman–Crippen LogP) is 4.61. The number of hydrogen-bond donors (Lipinski definition) is 0. The summed E-state index contributed by atoms with van der Waals surface area (Å²) in [5, 5.41) is 0. The van der Waals surface area contributed by atoms with E-state index in [1.165, 1.54) is 12.2 Å². The number of hydrogen-bond acceptors (Lipinski definition) is 2. The van der Waals surface area contributed by atoms with Crippen molar-refractivity contribution < 1.29 is 9.59 Å². The number of rotatable bonds is 4. The van der Waals surface area contributed by atoms with E-state index in [0.717, 1.165) is 5.56 Å². The third-order valence-corrected chi connectivity index (χ3v) is 3.46. The van der Waals surface area contributed by atoms with Crippen molar-refractivity contribution in [2.24, 2.45) is 0 Å². The molecule has 2 aromatic rings. The normalized spacial score (nSPS) is 11.6. The van der Waals surface area contributed by atoms with E-state index in [0.29, 0.717) is 11.1 Å². The third kappa shape index (κ3) is 4.01. The maximum absolute atomic E-state index is 12.2. The Hall–Kier alpha value is -2.48. The van der Waals surface area contributed by atoms with Crippen LogP contribution in [-0.2, 0) is 5.41 Å². The lowest BCUT2D eigenvalue weighted by Gasteiger charge is -2.19. The molecule has 2 aromatic carbocycles. The monoisotopic (exact) mass is 292 g/mol. The molecule has 0 heterocycles. The van der Waals surface area contributed by atoms with Gasteiger partial charge in [-0.15, -0.1) is 0 Å². The fraction of sp³-hybridized carbons (Fsp3) is 0.200. The van der Waals surface area contributed by atoms with Gasteiger partial charge in [-0.25, -0.2) is 0 Å². The zero-order valence-electron chi connectivity index (χ0n) is 13.2. The van der Waals surface area contributed by atoms with Crippen LogP contribution in [-0.4, -0.2) is 11.6 Å². The molecule has 2 nitrogen and oxygen atoms in total. The highest BCUT2D eigenvalue weighted by Crippen LogP contribution is 2.23. The zero-order chi connectivity index (χ0) is 16.2. The smallest absolute Gasteiger partial charge is 0.185 e. The lowest BCUT2D eigenvalue weighted by atomic mass is 9.86. The Balaban J connectivity index is 2.16. The van der Waals surface area contributed by atoms with Gasteiger partial charge in [0.25, 0.3) is 0 Å². The quantitative estimate of drug-likeness (QED) is 0.609. The minimum atomic E-state index is -0.166. The summed E-state index contributed by atoms with van der Waals surface area (Å²) in [4.78, 5) is 24.2. The van der Waals surface area contributed by atoms with Gasteiger partial charge in [0.2, 0.25) is 0 Å². The summed E-state index contributed by atoms with van der Waals surface area (Å²) in [7, 11) is 0. The number of carbonyl (C=O) groups excluding carboxylic acids is 2. The van der Waals surface area contributed by atoms with Crippen LogP contribution in [0.25, 0.3) is 0 Å². The van der Waals surface area contributed by atoms with Gasteiger partial charge in [-0.05, 0) is 29.2 Å². The van der Waals surface area contributed by atoms with Crippen molar-refractivity contribution in [2.45, 2.75) is 26.2 Å². The van der Waals surface area contributed by atoms with Crippen LogP contribution in [0, 0.1) is 0 Å². The molecule has 0 amide bonds. The van der Waals surface area contributed by atoms with Gasteiger partial charge in [0, 0.05) is 11.1 Å². The Kier molecular flexibility index (Phi) is 4.71. The van der Waals surface area contributed by atoms with Crippen molar-refractivity contribution in [3.05, 3.63) is 83.4 Å². The molecule has 0 fully saturated rings. The van der Waals surface area contributed by atoms with Crippen molar-refractivity contribution in [1.29, 1.82) is 0 Å². The topological polar surface area (TPSA) is 34.1 Å². The van der Waals surface area contributed by atoms with Gasteiger partial charge >= 0.3 is 0 Å². The number of benzene rings is 2. The van der Waals surface area contributed by atoms with E-state index in [4.69, 9.17) is 0 Å². The summed E-state index contributed by atoms with van der Waals surface area (Å²) in [6, 6.07) is 16.5. The van der Waals surface area contributed by atoms with Crippen molar-refractivity contribution in [1.82, 2.24) is 0 Å². The molecule has 0 aromatic heterocycles. The standard InChI is InChI=1S/C20H20O2/c1-20(2,3)17-11-7-10-16(14-17)19(22)13-12-18(21)15-8-5-4-6-9-15/h4-14H,1-3H3. The summed E-state index contributed by atoms with van der Waals surface area (Å²) in [5.41, 5.74) is 2.26. The summed E-state index contributed by atoms with van der Waals surface area (Å²) < 4.78 is 0. The van der Waals surface area contributed by atoms with E-state index in [-0.39, 0.29) is 17.0 Å². The van der Waals surface area contributed by atoms with Crippen LogP contribution in [0.2, 0.25) is 0 Å². The summed E-state index contributed by atoms with van der Waals surface area (Å²) in [6.07, 6.45) is 2.68. The number of carbonyl (C=O) groups is 2. The first-order valence-electron chi connectivity index (χ1n) is 7.30. The predicted molar refractivity (Wildman–Crippen MR) is 89.4 cm³/mol. The van der Waals surface area contributed by atoms with Gasteiger partial charge in [0.15, 0.2) is 11.6 Å². The molecule has 0 bridgehead atoms. The summed E-state index contributed by atoms with van der Waals surface area (Å²) in [5.74, 6) is -0.323. The van der Waals surface area contributed by atoms with Crippen molar-refractivity contribution in [3.63, 3.8) is 0 Å². The lowest BCUT2D eigenvalue weighted by molar-refractivity contribution is 0.102. The third-order valence-electron chi connectivity index (χ3n) is 3.46. The van der Waals surface area contributed by atoms with Crippen LogP contribution in [0.4, 0.5) is 0 Å². The molecule has 2 rings (SSSR count). The fourth-order valence-electron chi connectivity index (χ4n) is 2.09. The van der Waals surface area contributed by atoms with E-state index in [1.54, 1.807) is 30.3 Å².